The standard InChI is InChI=1S/C26H19Cl2FN2O4/c1-2-35-23-13-15(12-20(28)17(23)14-16-7-3-5-9-21(16)29)11-18-24(32)30-26(34)31(25(18)33)22-10-6-4-8-19(22)27/h3-13H,2,14H2,1H3,(H,30,32,34)/b18-11+. The van der Waals surface area contributed by atoms with Gasteiger partial charge in [-0.25, -0.2) is 14.1 Å². The van der Waals surface area contributed by atoms with Gasteiger partial charge in [-0.05, 0) is 54.5 Å². The number of anilines is 1. The van der Waals surface area contributed by atoms with Crippen LogP contribution in [0.5, 0.6) is 5.75 Å². The lowest BCUT2D eigenvalue weighted by Crippen LogP contribution is -2.54. The highest BCUT2D eigenvalue weighted by atomic mass is 35.5. The van der Waals surface area contributed by atoms with E-state index in [2.05, 4.69) is 5.32 Å². The lowest BCUT2D eigenvalue weighted by atomic mass is 10.00. The fraction of sp³-hybridized carbons (Fsp3) is 0.115. The molecular weight excluding hydrogens is 494 g/mol. The predicted octanol–water partition coefficient (Wildman–Crippen LogP) is 5.79. The first-order valence-electron chi connectivity index (χ1n) is 10.6. The van der Waals surface area contributed by atoms with Gasteiger partial charge in [-0.1, -0.05) is 53.5 Å². The molecule has 178 valence electrons. The van der Waals surface area contributed by atoms with Crippen molar-refractivity contribution in [1.29, 1.82) is 0 Å². The third-order valence-corrected chi connectivity index (χ3v) is 5.96. The van der Waals surface area contributed by atoms with E-state index in [9.17, 15) is 18.8 Å². The molecule has 0 bridgehead atoms. The minimum absolute atomic E-state index is 0.142. The van der Waals surface area contributed by atoms with Crippen molar-refractivity contribution >= 4 is 52.8 Å². The normalized spacial score (nSPS) is 14.9. The fourth-order valence-corrected chi connectivity index (χ4v) is 4.18. The Labute approximate surface area is 210 Å². The summed E-state index contributed by atoms with van der Waals surface area (Å²) in [7, 11) is 0. The highest BCUT2D eigenvalue weighted by molar-refractivity contribution is 6.42. The summed E-state index contributed by atoms with van der Waals surface area (Å²) in [6.07, 6.45) is 1.50. The number of benzene rings is 3. The maximum absolute atomic E-state index is 14.2. The van der Waals surface area contributed by atoms with Crippen molar-refractivity contribution in [2.45, 2.75) is 13.3 Å². The number of hydrogen-bond donors (Lipinski definition) is 1. The quantitative estimate of drug-likeness (QED) is 0.335. The van der Waals surface area contributed by atoms with Crippen molar-refractivity contribution in [3.63, 3.8) is 0 Å². The zero-order valence-corrected chi connectivity index (χ0v) is 20.0. The predicted molar refractivity (Wildman–Crippen MR) is 132 cm³/mol. The van der Waals surface area contributed by atoms with E-state index >= 15 is 0 Å². The van der Waals surface area contributed by atoms with Crippen LogP contribution < -0.4 is 15.0 Å². The summed E-state index contributed by atoms with van der Waals surface area (Å²) in [6, 6.07) is 14.9. The number of hydrogen-bond acceptors (Lipinski definition) is 4. The number of carbonyl (C=O) groups excluding carboxylic acids is 3. The Balaban J connectivity index is 1.74. The number of carbonyl (C=O) groups is 3. The zero-order chi connectivity index (χ0) is 25.1. The molecule has 0 unspecified atom stereocenters. The number of para-hydroxylation sites is 1. The molecule has 3 aromatic rings. The lowest BCUT2D eigenvalue weighted by molar-refractivity contribution is -0.122. The van der Waals surface area contributed by atoms with Gasteiger partial charge in [0.05, 0.1) is 17.3 Å². The van der Waals surface area contributed by atoms with Crippen LogP contribution in [-0.4, -0.2) is 24.5 Å². The maximum Gasteiger partial charge on any atom is 0.335 e. The maximum atomic E-state index is 14.2. The minimum atomic E-state index is -0.904. The van der Waals surface area contributed by atoms with Gasteiger partial charge in [-0.2, -0.15) is 0 Å². The van der Waals surface area contributed by atoms with Gasteiger partial charge in [0.15, 0.2) is 0 Å². The van der Waals surface area contributed by atoms with E-state index in [-0.39, 0.29) is 33.5 Å². The van der Waals surface area contributed by atoms with Gasteiger partial charge in [0, 0.05) is 17.0 Å². The molecule has 1 N–H and O–H groups in total. The molecule has 0 spiro atoms. The molecule has 0 aliphatic carbocycles. The molecule has 0 aromatic heterocycles. The van der Waals surface area contributed by atoms with E-state index in [1.807, 2.05) is 0 Å². The van der Waals surface area contributed by atoms with Gasteiger partial charge >= 0.3 is 6.03 Å². The number of barbiturate groups is 1. The minimum Gasteiger partial charge on any atom is -0.494 e. The molecule has 4 rings (SSSR count). The SMILES string of the molecule is CCOc1cc(/C=C2\C(=O)NC(=O)N(c3ccccc3Cl)C2=O)cc(Cl)c1Cc1ccccc1F. The van der Waals surface area contributed by atoms with E-state index in [0.29, 0.717) is 29.0 Å². The van der Waals surface area contributed by atoms with Gasteiger partial charge in [-0.15, -0.1) is 0 Å². The molecule has 4 amide bonds. The monoisotopic (exact) mass is 512 g/mol. The van der Waals surface area contributed by atoms with Gasteiger partial charge in [0.25, 0.3) is 11.8 Å². The number of nitrogens with zero attached hydrogens (tertiary/aromatic N) is 1. The van der Waals surface area contributed by atoms with Crippen molar-refractivity contribution in [2.75, 3.05) is 11.5 Å². The number of imide groups is 2. The Morgan fingerprint density at radius 3 is 2.43 bits per heavy atom. The second-order valence-electron chi connectivity index (χ2n) is 7.59. The van der Waals surface area contributed by atoms with Crippen LogP contribution >= 0.6 is 23.2 Å². The third-order valence-electron chi connectivity index (χ3n) is 5.31. The number of amides is 4. The molecule has 1 saturated heterocycles. The van der Waals surface area contributed by atoms with E-state index in [4.69, 9.17) is 27.9 Å². The van der Waals surface area contributed by atoms with Gasteiger partial charge in [0.2, 0.25) is 0 Å². The fourth-order valence-electron chi connectivity index (χ4n) is 3.68. The highest BCUT2D eigenvalue weighted by Gasteiger charge is 2.37. The van der Waals surface area contributed by atoms with Crippen LogP contribution in [0, 0.1) is 5.82 Å². The van der Waals surface area contributed by atoms with Gasteiger partial charge < -0.3 is 4.74 Å². The van der Waals surface area contributed by atoms with Gasteiger partial charge in [-0.3, -0.25) is 14.9 Å². The van der Waals surface area contributed by atoms with Crippen molar-refractivity contribution in [2.24, 2.45) is 0 Å². The van der Waals surface area contributed by atoms with Gasteiger partial charge in [0.1, 0.15) is 17.1 Å². The van der Waals surface area contributed by atoms with E-state index < -0.39 is 17.8 Å². The molecule has 0 radical (unpaired) electrons. The molecule has 0 saturated carbocycles. The summed E-state index contributed by atoms with van der Waals surface area (Å²) in [5.41, 5.74) is 1.25. The first kappa shape index (κ1) is 24.4. The molecular formula is C26H19Cl2FN2O4. The first-order valence-corrected chi connectivity index (χ1v) is 11.4. The smallest absolute Gasteiger partial charge is 0.335 e. The zero-order valence-electron chi connectivity index (χ0n) is 18.5. The Bertz CT molecular complexity index is 1370. The van der Waals surface area contributed by atoms with Crippen LogP contribution in [0.15, 0.2) is 66.2 Å². The number of nitrogens with one attached hydrogen (secondary N) is 1. The Hall–Kier alpha value is -3.68. The average Bonchev–Trinajstić information content (AvgIpc) is 2.81. The molecule has 1 aliphatic heterocycles. The van der Waals surface area contributed by atoms with Crippen molar-refractivity contribution in [1.82, 2.24) is 5.32 Å². The first-order chi connectivity index (χ1) is 16.8. The summed E-state index contributed by atoms with van der Waals surface area (Å²) in [6.45, 7) is 2.10. The van der Waals surface area contributed by atoms with Crippen LogP contribution in [0.2, 0.25) is 10.0 Å². The number of halogens is 3. The number of rotatable bonds is 6. The Morgan fingerprint density at radius 2 is 1.71 bits per heavy atom. The molecule has 35 heavy (non-hydrogen) atoms. The third kappa shape index (κ3) is 5.06. The molecule has 9 heteroatoms. The summed E-state index contributed by atoms with van der Waals surface area (Å²) in [4.78, 5) is 38.9. The second kappa shape index (κ2) is 10.3. The van der Waals surface area contributed by atoms with E-state index in [0.717, 1.165) is 4.90 Å². The largest absolute Gasteiger partial charge is 0.494 e. The van der Waals surface area contributed by atoms with Crippen molar-refractivity contribution in [3.05, 3.63) is 98.8 Å². The van der Waals surface area contributed by atoms with Crippen LogP contribution in [0.1, 0.15) is 23.6 Å². The number of ether oxygens (including phenoxy) is 1. The number of urea groups is 1. The summed E-state index contributed by atoms with van der Waals surface area (Å²) in [5.74, 6) is -1.67. The average molecular weight is 513 g/mol. The highest BCUT2D eigenvalue weighted by Crippen LogP contribution is 2.34. The molecule has 0 atom stereocenters. The Kier molecular flexibility index (Phi) is 7.19. The lowest BCUT2D eigenvalue weighted by Gasteiger charge is -2.27. The topological polar surface area (TPSA) is 75.7 Å². The van der Waals surface area contributed by atoms with Crippen molar-refractivity contribution in [3.8, 4) is 5.75 Å². The summed E-state index contributed by atoms with van der Waals surface area (Å²) in [5, 5.41) is 2.60. The van der Waals surface area contributed by atoms with Crippen LogP contribution in [0.3, 0.4) is 0 Å². The summed E-state index contributed by atoms with van der Waals surface area (Å²) < 4.78 is 20.0. The molecule has 6 nitrogen and oxygen atoms in total. The molecule has 1 heterocycles. The van der Waals surface area contributed by atoms with Crippen molar-refractivity contribution < 1.29 is 23.5 Å². The van der Waals surface area contributed by atoms with E-state index in [1.165, 1.54) is 24.3 Å². The van der Waals surface area contributed by atoms with Crippen LogP contribution in [-0.2, 0) is 16.0 Å². The summed E-state index contributed by atoms with van der Waals surface area (Å²) >= 11 is 12.7. The van der Waals surface area contributed by atoms with Crippen LogP contribution in [0.25, 0.3) is 6.08 Å². The van der Waals surface area contributed by atoms with E-state index in [1.54, 1.807) is 49.4 Å². The molecule has 1 aliphatic rings. The molecule has 3 aromatic carbocycles. The molecule has 1 fully saturated rings. The Morgan fingerprint density at radius 1 is 1.00 bits per heavy atom. The van der Waals surface area contributed by atoms with Crippen LogP contribution in [0.4, 0.5) is 14.9 Å². The second-order valence-corrected chi connectivity index (χ2v) is 8.40.